The van der Waals surface area contributed by atoms with E-state index in [1.165, 1.54) is 0 Å². The van der Waals surface area contributed by atoms with Crippen LogP contribution in [0.3, 0.4) is 0 Å². The molecule has 1 aliphatic heterocycles. The predicted octanol–water partition coefficient (Wildman–Crippen LogP) is 3.19. The number of aliphatic imine (C=N–C) groups is 1. The minimum atomic E-state index is -0.0130. The van der Waals surface area contributed by atoms with Gasteiger partial charge < -0.3 is 20.3 Å². The first-order valence-electron chi connectivity index (χ1n) is 9.51. The number of fused-ring (bicyclic) bond motifs is 1. The van der Waals surface area contributed by atoms with Crippen LogP contribution in [0.1, 0.15) is 44.7 Å². The second kappa shape index (κ2) is 12.0. The molecule has 1 aliphatic rings. The maximum absolute atomic E-state index is 11.9. The third-order valence-corrected chi connectivity index (χ3v) is 4.85. The molecule has 0 bridgehead atoms. The number of nitrogens with one attached hydrogen (secondary N) is 2. The number of ether oxygens (including phenoxy) is 1. The van der Waals surface area contributed by atoms with Gasteiger partial charge in [0.05, 0.1) is 12.6 Å². The Morgan fingerprint density at radius 1 is 1.30 bits per heavy atom. The van der Waals surface area contributed by atoms with Gasteiger partial charge in [0.2, 0.25) is 5.91 Å². The lowest BCUT2D eigenvalue weighted by Gasteiger charge is -2.28. The van der Waals surface area contributed by atoms with Crippen molar-refractivity contribution in [3.05, 3.63) is 29.8 Å². The van der Waals surface area contributed by atoms with E-state index in [2.05, 4.69) is 35.5 Å². The van der Waals surface area contributed by atoms with Crippen LogP contribution in [0.25, 0.3) is 0 Å². The molecule has 0 spiro atoms. The van der Waals surface area contributed by atoms with Crippen LogP contribution in [-0.2, 0) is 4.79 Å². The van der Waals surface area contributed by atoms with Crippen LogP contribution >= 0.6 is 24.0 Å². The number of guanidine groups is 1. The Morgan fingerprint density at radius 2 is 2.00 bits per heavy atom. The smallest absolute Gasteiger partial charge is 0.243 e. The molecule has 7 heteroatoms. The molecule has 0 aliphatic carbocycles. The molecule has 0 fully saturated rings. The second-order valence-corrected chi connectivity index (χ2v) is 6.89. The van der Waals surface area contributed by atoms with E-state index in [0.717, 1.165) is 37.1 Å². The van der Waals surface area contributed by atoms with E-state index in [0.29, 0.717) is 18.5 Å². The SMILES string of the molecule is CCC(CC)CNC(=NCC(=O)N(C)C)NC1CCOc2ccccc21.I. The second-order valence-electron chi connectivity index (χ2n) is 6.89. The Kier molecular flexibility index (Phi) is 10.5. The average Bonchev–Trinajstić information content (AvgIpc) is 2.66. The highest BCUT2D eigenvalue weighted by Crippen LogP contribution is 2.31. The number of nitrogens with zero attached hydrogens (tertiary/aromatic N) is 2. The normalized spacial score (nSPS) is 16.0. The number of carbonyl (C=O) groups excluding carboxylic acids is 1. The highest BCUT2D eigenvalue weighted by atomic mass is 127. The molecule has 6 nitrogen and oxygen atoms in total. The number of hydrogen-bond acceptors (Lipinski definition) is 3. The summed E-state index contributed by atoms with van der Waals surface area (Å²) in [6.45, 7) is 6.05. The monoisotopic (exact) mass is 488 g/mol. The largest absolute Gasteiger partial charge is 0.493 e. The highest BCUT2D eigenvalue weighted by Gasteiger charge is 2.22. The third-order valence-electron chi connectivity index (χ3n) is 4.85. The molecule has 27 heavy (non-hydrogen) atoms. The molecular formula is C20H33IN4O2. The molecule has 1 amide bonds. The summed E-state index contributed by atoms with van der Waals surface area (Å²) in [6, 6.07) is 8.20. The van der Waals surface area contributed by atoms with Crippen molar-refractivity contribution >= 4 is 35.8 Å². The maximum atomic E-state index is 11.9. The van der Waals surface area contributed by atoms with Crippen molar-refractivity contribution in [3.8, 4) is 5.75 Å². The number of likely N-dealkylation sites (N-methyl/N-ethyl adjacent to an activating group) is 1. The Morgan fingerprint density at radius 3 is 2.67 bits per heavy atom. The fourth-order valence-electron chi connectivity index (χ4n) is 2.92. The number of hydrogen-bond donors (Lipinski definition) is 2. The van der Waals surface area contributed by atoms with Gasteiger partial charge in [-0.25, -0.2) is 4.99 Å². The topological polar surface area (TPSA) is 66.0 Å². The lowest BCUT2D eigenvalue weighted by atomic mass is 10.0. The zero-order valence-corrected chi connectivity index (χ0v) is 19.2. The standard InChI is InChI=1S/C20H32N4O2.HI/c1-5-15(6-2)13-21-20(22-14-19(25)24(3)4)23-17-11-12-26-18-10-8-7-9-16(17)18;/h7-10,15,17H,5-6,11-14H2,1-4H3,(H2,21,22,23);1H. The van der Waals surface area contributed by atoms with E-state index < -0.39 is 0 Å². The summed E-state index contributed by atoms with van der Waals surface area (Å²) in [5.41, 5.74) is 1.13. The van der Waals surface area contributed by atoms with Crippen molar-refractivity contribution in [1.29, 1.82) is 0 Å². The first-order valence-corrected chi connectivity index (χ1v) is 9.51. The van der Waals surface area contributed by atoms with Gasteiger partial charge in [-0.05, 0) is 12.0 Å². The number of rotatable bonds is 7. The van der Waals surface area contributed by atoms with Gasteiger partial charge in [-0.1, -0.05) is 44.9 Å². The van der Waals surface area contributed by atoms with Gasteiger partial charge in [0, 0.05) is 32.6 Å². The molecule has 1 aromatic rings. The van der Waals surface area contributed by atoms with E-state index >= 15 is 0 Å². The lowest BCUT2D eigenvalue weighted by molar-refractivity contribution is -0.127. The van der Waals surface area contributed by atoms with Gasteiger partial charge in [-0.15, -0.1) is 24.0 Å². The van der Waals surface area contributed by atoms with Crippen molar-refractivity contribution in [3.63, 3.8) is 0 Å². The summed E-state index contributed by atoms with van der Waals surface area (Å²) in [6.07, 6.45) is 3.10. The zero-order valence-electron chi connectivity index (χ0n) is 16.8. The van der Waals surface area contributed by atoms with Crippen LogP contribution in [0.2, 0.25) is 0 Å². The van der Waals surface area contributed by atoms with Gasteiger partial charge >= 0.3 is 0 Å². The predicted molar refractivity (Wildman–Crippen MR) is 121 cm³/mol. The number of halogens is 1. The van der Waals surface area contributed by atoms with Crippen LogP contribution in [0, 0.1) is 5.92 Å². The van der Waals surface area contributed by atoms with Crippen LogP contribution < -0.4 is 15.4 Å². The molecule has 1 atom stereocenters. The average molecular weight is 488 g/mol. The Labute approximate surface area is 180 Å². The highest BCUT2D eigenvalue weighted by molar-refractivity contribution is 14.0. The molecular weight excluding hydrogens is 455 g/mol. The minimum absolute atomic E-state index is 0. The van der Waals surface area contributed by atoms with Gasteiger partial charge in [0.15, 0.2) is 5.96 Å². The fourth-order valence-corrected chi connectivity index (χ4v) is 2.92. The van der Waals surface area contributed by atoms with E-state index in [-0.39, 0.29) is 42.5 Å². The number of amides is 1. The Hall–Kier alpha value is -1.51. The number of para-hydroxylation sites is 1. The molecule has 152 valence electrons. The Balaban J connectivity index is 0.00000364. The molecule has 0 radical (unpaired) electrons. The van der Waals surface area contributed by atoms with Gasteiger partial charge in [0.1, 0.15) is 12.3 Å². The molecule has 2 N–H and O–H groups in total. The summed E-state index contributed by atoms with van der Waals surface area (Å²) >= 11 is 0. The van der Waals surface area contributed by atoms with Crippen LogP contribution in [0.5, 0.6) is 5.75 Å². The van der Waals surface area contributed by atoms with E-state index in [1.54, 1.807) is 19.0 Å². The van der Waals surface area contributed by atoms with Crippen LogP contribution in [0.15, 0.2) is 29.3 Å². The number of benzene rings is 1. The van der Waals surface area contributed by atoms with Crippen molar-refractivity contribution < 1.29 is 9.53 Å². The minimum Gasteiger partial charge on any atom is -0.493 e. The third kappa shape index (κ3) is 7.20. The molecule has 0 saturated carbocycles. The molecule has 1 aromatic carbocycles. The summed E-state index contributed by atoms with van der Waals surface area (Å²) in [5, 5.41) is 6.92. The number of carbonyl (C=O) groups is 1. The first kappa shape index (κ1) is 23.5. The molecule has 2 rings (SSSR count). The van der Waals surface area contributed by atoms with Crippen molar-refractivity contribution in [2.24, 2.45) is 10.9 Å². The summed E-state index contributed by atoms with van der Waals surface area (Å²) in [7, 11) is 3.49. The summed E-state index contributed by atoms with van der Waals surface area (Å²) in [4.78, 5) is 18.0. The molecule has 1 heterocycles. The van der Waals surface area contributed by atoms with Gasteiger partial charge in [-0.3, -0.25) is 4.79 Å². The maximum Gasteiger partial charge on any atom is 0.243 e. The van der Waals surface area contributed by atoms with Crippen LogP contribution in [-0.4, -0.2) is 50.6 Å². The van der Waals surface area contributed by atoms with Gasteiger partial charge in [-0.2, -0.15) is 0 Å². The first-order chi connectivity index (χ1) is 12.5. The van der Waals surface area contributed by atoms with Crippen molar-refractivity contribution in [2.45, 2.75) is 39.2 Å². The molecule has 0 saturated heterocycles. The molecule has 1 unspecified atom stereocenters. The molecule has 0 aromatic heterocycles. The van der Waals surface area contributed by atoms with Crippen LogP contribution in [0.4, 0.5) is 0 Å². The van der Waals surface area contributed by atoms with Crippen molar-refractivity contribution in [2.75, 3.05) is 33.8 Å². The lowest BCUT2D eigenvalue weighted by Crippen LogP contribution is -2.43. The quantitative estimate of drug-likeness (QED) is 0.352. The van der Waals surface area contributed by atoms with Gasteiger partial charge in [0.25, 0.3) is 0 Å². The van der Waals surface area contributed by atoms with E-state index in [4.69, 9.17) is 4.74 Å². The van der Waals surface area contributed by atoms with E-state index in [1.807, 2.05) is 18.2 Å². The summed E-state index contributed by atoms with van der Waals surface area (Å²) < 4.78 is 5.74. The Bertz CT molecular complexity index is 618. The van der Waals surface area contributed by atoms with Crippen molar-refractivity contribution in [1.82, 2.24) is 15.5 Å². The zero-order chi connectivity index (χ0) is 18.9. The fraction of sp³-hybridized carbons (Fsp3) is 0.600. The van der Waals surface area contributed by atoms with E-state index in [9.17, 15) is 4.79 Å². The summed E-state index contributed by atoms with van der Waals surface area (Å²) in [5.74, 6) is 2.18.